The van der Waals surface area contributed by atoms with E-state index in [-0.39, 0.29) is 52.3 Å². The van der Waals surface area contributed by atoms with E-state index in [2.05, 4.69) is 0 Å². The van der Waals surface area contributed by atoms with Crippen molar-refractivity contribution in [2.75, 3.05) is 0 Å². The van der Waals surface area contributed by atoms with Gasteiger partial charge in [-0.3, -0.25) is 25.0 Å². The molecule has 2 aliphatic rings. The topological polar surface area (TPSA) is 150 Å². The van der Waals surface area contributed by atoms with Crippen LogP contribution in [0.3, 0.4) is 0 Å². The van der Waals surface area contributed by atoms with Crippen molar-refractivity contribution in [2.45, 2.75) is 26.8 Å². The van der Waals surface area contributed by atoms with Crippen molar-refractivity contribution in [1.82, 2.24) is 4.90 Å². The summed E-state index contributed by atoms with van der Waals surface area (Å²) in [7, 11) is 0. The highest BCUT2D eigenvalue weighted by Gasteiger charge is 2.59. The molecular formula is C24H21N3O8. The molecule has 2 aromatic rings. The number of nitrogens with zero attached hydrogens (tertiary/aromatic N) is 3. The Kier molecular flexibility index (Phi) is 5.93. The smallest absolute Gasteiger partial charge is 0.363 e. The second-order valence-electron chi connectivity index (χ2n) is 8.80. The number of ether oxygens (including phenoxy) is 1. The molecule has 0 bridgehead atoms. The van der Waals surface area contributed by atoms with Gasteiger partial charge in [0, 0.05) is 30.2 Å². The van der Waals surface area contributed by atoms with Crippen LogP contribution in [0, 0.1) is 38.0 Å². The molecule has 11 nitrogen and oxygen atoms in total. The van der Waals surface area contributed by atoms with Gasteiger partial charge in [0.25, 0.3) is 11.4 Å². The Balaban J connectivity index is 1.70. The van der Waals surface area contributed by atoms with Gasteiger partial charge in [0.05, 0.1) is 27.4 Å². The van der Waals surface area contributed by atoms with E-state index in [1.807, 2.05) is 20.8 Å². The van der Waals surface area contributed by atoms with E-state index in [1.54, 1.807) is 0 Å². The Hall–Kier alpha value is -4.41. The van der Waals surface area contributed by atoms with Crippen molar-refractivity contribution in [2.24, 2.45) is 17.8 Å². The van der Waals surface area contributed by atoms with Gasteiger partial charge in [-0.05, 0) is 41.3 Å². The molecule has 0 radical (unpaired) electrons. The Morgan fingerprint density at radius 2 is 1.43 bits per heavy atom. The number of hydrogen-bond acceptors (Lipinski definition) is 8. The molecule has 0 N–H and O–H groups in total. The number of benzene rings is 2. The molecule has 3 atom stereocenters. The average Bonchev–Trinajstić information content (AvgIpc) is 3.07. The van der Waals surface area contributed by atoms with Crippen LogP contribution in [0.4, 0.5) is 11.4 Å². The third-order valence-electron chi connectivity index (χ3n) is 6.45. The highest BCUT2D eigenvalue weighted by atomic mass is 16.6. The van der Waals surface area contributed by atoms with Gasteiger partial charge in [0.2, 0.25) is 5.91 Å². The van der Waals surface area contributed by atoms with Gasteiger partial charge < -0.3 is 9.64 Å². The SMILES string of the molecule is CC(C)[C@H]1C(=O)N2C(C(=O)OC(=O)c3ccc([N+](=O)[O-])cc3)=C(c3ccc([N+](=O)[O-])cc3)[C@H](C)[C@H]12. The first-order valence-electron chi connectivity index (χ1n) is 10.9. The van der Waals surface area contributed by atoms with Gasteiger partial charge in [-0.2, -0.15) is 0 Å². The number of hydrogen-bond donors (Lipinski definition) is 0. The minimum absolute atomic E-state index is 0.0152. The van der Waals surface area contributed by atoms with Crippen LogP contribution in [0.5, 0.6) is 0 Å². The monoisotopic (exact) mass is 479 g/mol. The third kappa shape index (κ3) is 3.94. The fourth-order valence-corrected chi connectivity index (χ4v) is 4.80. The van der Waals surface area contributed by atoms with Crippen molar-refractivity contribution in [3.8, 4) is 0 Å². The molecule has 180 valence electrons. The zero-order chi connectivity index (χ0) is 25.6. The summed E-state index contributed by atoms with van der Waals surface area (Å²) < 4.78 is 5.07. The molecule has 0 saturated carbocycles. The van der Waals surface area contributed by atoms with E-state index in [1.165, 1.54) is 41.3 Å². The summed E-state index contributed by atoms with van der Waals surface area (Å²) in [5.41, 5.74) is 0.462. The fourth-order valence-electron chi connectivity index (χ4n) is 4.80. The van der Waals surface area contributed by atoms with Crippen molar-refractivity contribution in [3.63, 3.8) is 0 Å². The highest BCUT2D eigenvalue weighted by molar-refractivity contribution is 6.11. The number of nitro groups is 2. The van der Waals surface area contributed by atoms with Gasteiger partial charge >= 0.3 is 11.9 Å². The fraction of sp³-hybridized carbons (Fsp3) is 0.292. The maximum absolute atomic E-state index is 13.2. The largest absolute Gasteiger partial charge is 0.385 e. The Labute approximate surface area is 199 Å². The first-order valence-corrected chi connectivity index (χ1v) is 10.9. The first kappa shape index (κ1) is 23.7. The lowest BCUT2D eigenvalue weighted by Gasteiger charge is -2.47. The van der Waals surface area contributed by atoms with Crippen LogP contribution in [0.1, 0.15) is 36.7 Å². The van der Waals surface area contributed by atoms with Gasteiger partial charge in [0.15, 0.2) is 0 Å². The molecular weight excluding hydrogens is 458 g/mol. The number of amides is 1. The number of carbonyl (C=O) groups excluding carboxylic acids is 3. The number of non-ortho nitro benzene ring substituents is 2. The van der Waals surface area contributed by atoms with Crippen LogP contribution in [-0.2, 0) is 14.3 Å². The van der Waals surface area contributed by atoms with Gasteiger partial charge in [-0.25, -0.2) is 9.59 Å². The van der Waals surface area contributed by atoms with E-state index in [9.17, 15) is 34.6 Å². The quantitative estimate of drug-likeness (QED) is 0.200. The van der Waals surface area contributed by atoms with Gasteiger partial charge in [-0.1, -0.05) is 20.8 Å². The van der Waals surface area contributed by atoms with Crippen LogP contribution < -0.4 is 0 Å². The van der Waals surface area contributed by atoms with E-state index >= 15 is 0 Å². The third-order valence-corrected chi connectivity index (χ3v) is 6.45. The second-order valence-corrected chi connectivity index (χ2v) is 8.80. The second kappa shape index (κ2) is 8.75. The molecule has 0 spiro atoms. The number of nitro benzene ring substituents is 2. The zero-order valence-electron chi connectivity index (χ0n) is 19.0. The number of carbonyl (C=O) groups is 3. The predicted molar refractivity (Wildman–Crippen MR) is 122 cm³/mol. The molecule has 35 heavy (non-hydrogen) atoms. The maximum atomic E-state index is 13.2. The Morgan fingerprint density at radius 3 is 1.91 bits per heavy atom. The Morgan fingerprint density at radius 1 is 0.914 bits per heavy atom. The van der Waals surface area contributed by atoms with Crippen LogP contribution in [0.15, 0.2) is 54.2 Å². The molecule has 0 aromatic heterocycles. The average molecular weight is 479 g/mol. The number of esters is 2. The summed E-state index contributed by atoms with van der Waals surface area (Å²) in [5, 5.41) is 21.9. The zero-order valence-corrected chi connectivity index (χ0v) is 19.0. The normalized spacial score (nSPS) is 21.0. The number of β-lactam (4-membered cyclic amide) rings is 1. The van der Waals surface area contributed by atoms with Crippen LogP contribution in [-0.4, -0.2) is 38.6 Å². The number of rotatable bonds is 6. The van der Waals surface area contributed by atoms with Crippen LogP contribution in [0.25, 0.3) is 5.57 Å². The van der Waals surface area contributed by atoms with Crippen molar-refractivity contribution >= 4 is 34.8 Å². The first-order chi connectivity index (χ1) is 16.5. The maximum Gasteiger partial charge on any atom is 0.363 e. The van der Waals surface area contributed by atoms with E-state index in [4.69, 9.17) is 4.74 Å². The molecule has 0 unspecified atom stereocenters. The lowest BCUT2D eigenvalue weighted by molar-refractivity contribution is -0.385. The summed E-state index contributed by atoms with van der Waals surface area (Å²) in [6.45, 7) is 5.67. The molecule has 4 rings (SSSR count). The lowest BCUT2D eigenvalue weighted by Crippen LogP contribution is -2.62. The van der Waals surface area contributed by atoms with Crippen molar-refractivity contribution < 1.29 is 29.0 Å². The molecule has 0 aliphatic carbocycles. The molecule has 1 fully saturated rings. The molecule has 2 heterocycles. The molecule has 1 amide bonds. The lowest BCUT2D eigenvalue weighted by atomic mass is 9.74. The van der Waals surface area contributed by atoms with Crippen LogP contribution >= 0.6 is 0 Å². The summed E-state index contributed by atoms with van der Waals surface area (Å²) >= 11 is 0. The Bertz CT molecular complexity index is 1280. The van der Waals surface area contributed by atoms with Crippen molar-refractivity contribution in [3.05, 3.63) is 85.6 Å². The van der Waals surface area contributed by atoms with Gasteiger partial charge in [-0.15, -0.1) is 0 Å². The van der Waals surface area contributed by atoms with Crippen molar-refractivity contribution in [1.29, 1.82) is 0 Å². The van der Waals surface area contributed by atoms with E-state index in [0.717, 1.165) is 12.1 Å². The van der Waals surface area contributed by atoms with E-state index in [0.29, 0.717) is 11.1 Å². The molecule has 11 heteroatoms. The van der Waals surface area contributed by atoms with Gasteiger partial charge in [0.1, 0.15) is 5.70 Å². The summed E-state index contributed by atoms with van der Waals surface area (Å²) in [5.74, 6) is -2.92. The molecule has 2 aliphatic heterocycles. The van der Waals surface area contributed by atoms with Crippen LogP contribution in [0.2, 0.25) is 0 Å². The summed E-state index contributed by atoms with van der Waals surface area (Å²) in [6, 6.07) is 9.85. The highest BCUT2D eigenvalue weighted by Crippen LogP contribution is 2.51. The summed E-state index contributed by atoms with van der Waals surface area (Å²) in [4.78, 5) is 60.8. The minimum atomic E-state index is -1.04. The minimum Gasteiger partial charge on any atom is -0.385 e. The van der Waals surface area contributed by atoms with E-state index < -0.39 is 21.8 Å². The molecule has 2 aromatic carbocycles. The number of fused-ring (bicyclic) bond motifs is 1. The standard InChI is InChI=1S/C24H21N3O8/c1-12(2)18-20-13(3)19(14-4-8-16(9-5-14)26(31)32)21(25(20)22(18)28)24(30)35-23(29)15-6-10-17(11-7-15)27(33)34/h4-13,18,20H,1-3H3/t13-,18+,20+/m0/s1. The summed E-state index contributed by atoms with van der Waals surface area (Å²) in [6.07, 6.45) is 0. The molecule has 1 saturated heterocycles. The predicted octanol–water partition coefficient (Wildman–Crippen LogP) is 3.73.